The molecule has 2 aromatic carbocycles. The van der Waals surface area contributed by atoms with Gasteiger partial charge in [0.05, 0.1) is 7.11 Å². The fourth-order valence-corrected chi connectivity index (χ4v) is 3.11. The third-order valence-corrected chi connectivity index (χ3v) is 4.93. The van der Waals surface area contributed by atoms with E-state index < -0.39 is 36.1 Å². The summed E-state index contributed by atoms with van der Waals surface area (Å²) < 4.78 is 50.3. The molecule has 0 fully saturated rings. The Morgan fingerprint density at radius 2 is 1.51 bits per heavy atom. The van der Waals surface area contributed by atoms with Crippen LogP contribution < -0.4 is 20.7 Å². The number of amides is 3. The lowest BCUT2D eigenvalue weighted by molar-refractivity contribution is -0.274. The van der Waals surface area contributed by atoms with Crippen LogP contribution in [0.15, 0.2) is 59.1 Å². The Kier molecular flexibility index (Phi) is 8.37. The number of nitrogens with one attached hydrogen (secondary N) is 3. The second kappa shape index (κ2) is 11.5. The molecule has 1 unspecified atom stereocenters. The van der Waals surface area contributed by atoms with Gasteiger partial charge in [-0.15, -0.1) is 13.2 Å². The van der Waals surface area contributed by atoms with Gasteiger partial charge in [0.25, 0.3) is 5.91 Å². The fraction of sp³-hybridized carbons (Fsp3) is 0.250. The lowest BCUT2D eigenvalue weighted by Gasteiger charge is -2.18. The first-order valence-electron chi connectivity index (χ1n) is 10.8. The molecule has 0 aliphatic heterocycles. The summed E-state index contributed by atoms with van der Waals surface area (Å²) in [5, 5.41) is 11.5. The van der Waals surface area contributed by atoms with Gasteiger partial charge in [-0.3, -0.25) is 4.79 Å². The molecule has 3 N–H and O–H groups in total. The van der Waals surface area contributed by atoms with Gasteiger partial charge in [-0.2, -0.15) is 0 Å². The van der Waals surface area contributed by atoms with E-state index in [9.17, 15) is 27.6 Å². The summed E-state index contributed by atoms with van der Waals surface area (Å²) in [6.45, 7) is 3.51. The van der Waals surface area contributed by atoms with E-state index in [0.29, 0.717) is 16.9 Å². The molecule has 0 spiro atoms. The van der Waals surface area contributed by atoms with Gasteiger partial charge in [0.15, 0.2) is 0 Å². The van der Waals surface area contributed by atoms with Crippen molar-refractivity contribution in [3.05, 3.63) is 60.4 Å². The van der Waals surface area contributed by atoms with E-state index in [1.165, 1.54) is 25.3 Å². The van der Waals surface area contributed by atoms with Crippen LogP contribution in [-0.4, -0.2) is 42.6 Å². The third-order valence-electron chi connectivity index (χ3n) is 4.93. The third kappa shape index (κ3) is 7.72. The predicted octanol–water partition coefficient (Wildman–Crippen LogP) is 4.81. The first-order chi connectivity index (χ1) is 17.4. The Balaban J connectivity index is 1.58. The number of anilines is 2. The van der Waals surface area contributed by atoms with Crippen molar-refractivity contribution in [2.75, 3.05) is 17.7 Å². The minimum absolute atomic E-state index is 0.0993. The fourth-order valence-electron chi connectivity index (χ4n) is 3.11. The molecule has 1 aromatic heterocycles. The van der Waals surface area contributed by atoms with Gasteiger partial charge < -0.3 is 29.9 Å². The van der Waals surface area contributed by atoms with Crippen molar-refractivity contribution < 1.29 is 41.6 Å². The Labute approximate surface area is 209 Å². The Morgan fingerprint density at radius 3 is 2.03 bits per heavy atom. The molecule has 1 heterocycles. The van der Waals surface area contributed by atoms with E-state index in [0.717, 1.165) is 12.1 Å². The molecule has 37 heavy (non-hydrogen) atoms. The second-order valence-electron chi connectivity index (χ2n) is 8.02. The molecule has 0 saturated carbocycles. The van der Waals surface area contributed by atoms with Crippen molar-refractivity contribution in [1.82, 2.24) is 10.5 Å². The molecule has 3 rings (SSSR count). The summed E-state index contributed by atoms with van der Waals surface area (Å²) in [5.74, 6) is -1.93. The molecule has 0 aliphatic rings. The second-order valence-corrected chi connectivity index (χ2v) is 8.02. The number of esters is 1. The normalized spacial score (nSPS) is 12.0. The number of hydrogen-bond acceptors (Lipinski definition) is 7. The number of hydrogen-bond donors (Lipinski definition) is 3. The van der Waals surface area contributed by atoms with Gasteiger partial charge in [0, 0.05) is 23.0 Å². The molecule has 0 bridgehead atoms. The van der Waals surface area contributed by atoms with E-state index in [-0.39, 0.29) is 17.4 Å². The van der Waals surface area contributed by atoms with Crippen molar-refractivity contribution in [2.24, 2.45) is 5.92 Å². The van der Waals surface area contributed by atoms with Crippen LogP contribution in [-0.2, 0) is 9.53 Å². The van der Waals surface area contributed by atoms with E-state index in [1.54, 1.807) is 38.1 Å². The van der Waals surface area contributed by atoms with Gasteiger partial charge in [0.1, 0.15) is 17.5 Å². The van der Waals surface area contributed by atoms with Crippen LogP contribution in [0.2, 0.25) is 0 Å². The SMILES string of the molecule is COC(=O)C(NC(=O)c1cc(-c2ccc(NC(=O)Nc3ccc(OC(F)(F)F)cc3)cc2)no1)C(C)C. The van der Waals surface area contributed by atoms with Crippen molar-refractivity contribution in [2.45, 2.75) is 26.3 Å². The number of rotatable bonds is 8. The Hall–Kier alpha value is -4.55. The van der Waals surface area contributed by atoms with E-state index in [1.807, 2.05) is 0 Å². The Bertz CT molecular complexity index is 1240. The number of benzene rings is 2. The maximum absolute atomic E-state index is 12.5. The topological polar surface area (TPSA) is 132 Å². The van der Waals surface area contributed by atoms with Gasteiger partial charge in [-0.05, 0) is 42.3 Å². The van der Waals surface area contributed by atoms with Gasteiger partial charge in [-0.1, -0.05) is 31.1 Å². The van der Waals surface area contributed by atoms with Gasteiger partial charge in [0.2, 0.25) is 5.76 Å². The number of methoxy groups -OCH3 is 1. The number of carbonyl (C=O) groups excluding carboxylic acids is 3. The number of halogens is 3. The van der Waals surface area contributed by atoms with Crippen LogP contribution in [0.25, 0.3) is 11.3 Å². The average Bonchev–Trinajstić information content (AvgIpc) is 3.33. The van der Waals surface area contributed by atoms with Crippen LogP contribution in [0.5, 0.6) is 5.75 Å². The molecule has 3 aromatic rings. The zero-order chi connectivity index (χ0) is 27.2. The van der Waals surface area contributed by atoms with Crippen LogP contribution in [0.3, 0.4) is 0 Å². The number of nitrogens with zero attached hydrogens (tertiary/aromatic N) is 1. The Morgan fingerprint density at radius 1 is 0.946 bits per heavy atom. The van der Waals surface area contributed by atoms with Gasteiger partial charge in [-0.25, -0.2) is 9.59 Å². The maximum Gasteiger partial charge on any atom is 0.573 e. The summed E-state index contributed by atoms with van der Waals surface area (Å²) in [4.78, 5) is 36.5. The highest BCUT2D eigenvalue weighted by molar-refractivity contribution is 6.00. The molecule has 1 atom stereocenters. The average molecular weight is 520 g/mol. The van der Waals surface area contributed by atoms with Crippen molar-refractivity contribution in [3.8, 4) is 17.0 Å². The van der Waals surface area contributed by atoms with Gasteiger partial charge >= 0.3 is 18.4 Å². The molecular weight excluding hydrogens is 497 g/mol. The van der Waals surface area contributed by atoms with Crippen LogP contribution in [0.4, 0.5) is 29.3 Å². The summed E-state index contributed by atoms with van der Waals surface area (Å²) >= 11 is 0. The lowest BCUT2D eigenvalue weighted by Crippen LogP contribution is -2.44. The highest BCUT2D eigenvalue weighted by atomic mass is 19.4. The minimum Gasteiger partial charge on any atom is -0.467 e. The zero-order valence-electron chi connectivity index (χ0n) is 19.9. The van der Waals surface area contributed by atoms with Crippen LogP contribution in [0.1, 0.15) is 24.4 Å². The number of aromatic nitrogens is 1. The lowest BCUT2D eigenvalue weighted by atomic mass is 10.0. The van der Waals surface area contributed by atoms with E-state index >= 15 is 0 Å². The molecule has 3 amide bonds. The first kappa shape index (κ1) is 27.0. The molecule has 0 saturated heterocycles. The number of carbonyl (C=O) groups is 3. The highest BCUT2D eigenvalue weighted by Gasteiger charge is 2.31. The number of alkyl halides is 3. The monoisotopic (exact) mass is 520 g/mol. The summed E-state index contributed by atoms with van der Waals surface area (Å²) in [7, 11) is 1.23. The maximum atomic E-state index is 12.5. The van der Waals surface area contributed by atoms with E-state index in [2.05, 4.69) is 25.8 Å². The summed E-state index contributed by atoms with van der Waals surface area (Å²) in [5.41, 5.74) is 1.60. The van der Waals surface area contributed by atoms with Crippen molar-refractivity contribution >= 4 is 29.3 Å². The smallest absolute Gasteiger partial charge is 0.467 e. The number of ether oxygens (including phenoxy) is 2. The molecule has 10 nitrogen and oxygen atoms in total. The van der Waals surface area contributed by atoms with Crippen molar-refractivity contribution in [1.29, 1.82) is 0 Å². The summed E-state index contributed by atoms with van der Waals surface area (Å²) in [6.07, 6.45) is -4.81. The molecule has 196 valence electrons. The molecule has 13 heteroatoms. The minimum atomic E-state index is -4.81. The van der Waals surface area contributed by atoms with E-state index in [4.69, 9.17) is 9.26 Å². The zero-order valence-corrected chi connectivity index (χ0v) is 19.9. The van der Waals surface area contributed by atoms with Crippen LogP contribution in [0, 0.1) is 5.92 Å². The molecule has 0 aliphatic carbocycles. The quantitative estimate of drug-likeness (QED) is 0.363. The van der Waals surface area contributed by atoms with Crippen LogP contribution >= 0.6 is 0 Å². The van der Waals surface area contributed by atoms with Crippen molar-refractivity contribution in [3.63, 3.8) is 0 Å². The predicted molar refractivity (Wildman–Crippen MR) is 126 cm³/mol. The largest absolute Gasteiger partial charge is 0.573 e. The number of urea groups is 1. The first-order valence-corrected chi connectivity index (χ1v) is 10.8. The highest BCUT2D eigenvalue weighted by Crippen LogP contribution is 2.25. The molecular formula is C24H23F3N4O6. The summed E-state index contributed by atoms with van der Waals surface area (Å²) in [6, 6.07) is 11.0. The molecule has 0 radical (unpaired) electrons. The standard InChI is InChI=1S/C24H23F3N4O6/c1-13(2)20(22(33)35-3)30-21(32)19-12-18(31-37-19)14-4-6-15(7-5-14)28-23(34)29-16-8-10-17(11-9-16)36-24(25,26)27/h4-13,20H,1-3H3,(H,30,32)(H2,28,29,34).